The molecule has 8 nitrogen and oxygen atoms in total. The molecule has 1 saturated heterocycles. The topological polar surface area (TPSA) is 105 Å². The SMILES string of the molecule is Cc1cc(N2CC(C)OC(C)C2)ccc1NC(=O)CCCC(=O)NS(=O)(=O)C(C)(C)C. The molecule has 9 heteroatoms. The van der Waals surface area contributed by atoms with Gasteiger partial charge >= 0.3 is 0 Å². The van der Waals surface area contributed by atoms with Gasteiger partial charge in [-0.05, 0) is 71.7 Å². The normalized spacial score (nSPS) is 19.7. The standard InChI is InChI=1S/C22H35N3O5S/c1-15-12-18(25-13-16(2)30-17(3)14-25)10-11-19(15)23-20(26)8-7-9-21(27)24-31(28,29)22(4,5)6/h10-12,16-17H,7-9,13-14H2,1-6H3,(H,23,26)(H,24,27). The second-order valence-corrected chi connectivity index (χ2v) is 11.6. The van der Waals surface area contributed by atoms with Crippen LogP contribution in [0.25, 0.3) is 0 Å². The average Bonchev–Trinajstić information content (AvgIpc) is 2.61. The van der Waals surface area contributed by atoms with Crippen molar-refractivity contribution < 1.29 is 22.7 Å². The molecule has 1 aromatic rings. The number of morpholine rings is 1. The highest BCUT2D eigenvalue weighted by Gasteiger charge is 2.30. The Morgan fingerprint density at radius 2 is 1.68 bits per heavy atom. The molecule has 2 unspecified atom stereocenters. The summed E-state index contributed by atoms with van der Waals surface area (Å²) in [6.07, 6.45) is 0.687. The molecule has 174 valence electrons. The number of ether oxygens (including phenoxy) is 1. The van der Waals surface area contributed by atoms with Gasteiger partial charge in [-0.2, -0.15) is 0 Å². The Morgan fingerprint density at radius 1 is 1.10 bits per heavy atom. The van der Waals surface area contributed by atoms with Gasteiger partial charge in [-0.25, -0.2) is 8.42 Å². The second kappa shape index (κ2) is 9.99. The maximum Gasteiger partial charge on any atom is 0.239 e. The minimum Gasteiger partial charge on any atom is -0.372 e. The summed E-state index contributed by atoms with van der Waals surface area (Å²) in [5.41, 5.74) is 2.77. The molecular weight excluding hydrogens is 418 g/mol. The van der Waals surface area contributed by atoms with E-state index < -0.39 is 20.7 Å². The van der Waals surface area contributed by atoms with Crippen LogP contribution < -0.4 is 14.9 Å². The molecule has 1 heterocycles. The Hall–Kier alpha value is -2.13. The minimum absolute atomic E-state index is 0.0337. The van der Waals surface area contributed by atoms with Crippen molar-refractivity contribution in [1.82, 2.24) is 4.72 Å². The van der Waals surface area contributed by atoms with Gasteiger partial charge in [-0.15, -0.1) is 0 Å². The maximum absolute atomic E-state index is 12.3. The molecule has 2 amide bonds. The molecule has 2 rings (SSSR count). The lowest BCUT2D eigenvalue weighted by atomic mass is 10.1. The van der Waals surface area contributed by atoms with Crippen LogP contribution >= 0.6 is 0 Å². The molecule has 0 spiro atoms. The highest BCUT2D eigenvalue weighted by atomic mass is 32.2. The van der Waals surface area contributed by atoms with E-state index in [1.54, 1.807) is 0 Å². The van der Waals surface area contributed by atoms with Crippen LogP contribution in [0.1, 0.15) is 59.4 Å². The van der Waals surface area contributed by atoms with Crippen molar-refractivity contribution in [2.45, 2.75) is 77.8 Å². The summed E-state index contributed by atoms with van der Waals surface area (Å²) < 4.78 is 30.8. The largest absolute Gasteiger partial charge is 0.372 e. The van der Waals surface area contributed by atoms with Gasteiger partial charge in [0.05, 0.1) is 17.0 Å². The number of benzene rings is 1. The number of carbonyl (C=O) groups excluding carboxylic acids is 2. The van der Waals surface area contributed by atoms with Crippen molar-refractivity contribution in [3.05, 3.63) is 23.8 Å². The van der Waals surface area contributed by atoms with Crippen LogP contribution in [-0.4, -0.2) is 50.3 Å². The molecule has 0 saturated carbocycles. The molecule has 0 aromatic heterocycles. The zero-order valence-electron chi connectivity index (χ0n) is 19.3. The van der Waals surface area contributed by atoms with Crippen LogP contribution in [0.15, 0.2) is 18.2 Å². The average molecular weight is 454 g/mol. The van der Waals surface area contributed by atoms with Crippen molar-refractivity contribution in [2.24, 2.45) is 0 Å². The number of amides is 2. The van der Waals surface area contributed by atoms with Gasteiger partial charge in [-0.1, -0.05) is 0 Å². The molecular formula is C22H35N3O5S. The molecule has 0 bridgehead atoms. The summed E-state index contributed by atoms with van der Waals surface area (Å²) in [6.45, 7) is 12.3. The molecule has 2 atom stereocenters. The number of aryl methyl sites for hydroxylation is 1. The van der Waals surface area contributed by atoms with Crippen LogP contribution in [0.4, 0.5) is 11.4 Å². The molecule has 31 heavy (non-hydrogen) atoms. The lowest BCUT2D eigenvalue weighted by Gasteiger charge is -2.37. The zero-order chi connectivity index (χ0) is 23.4. The van der Waals surface area contributed by atoms with Crippen LogP contribution in [0.5, 0.6) is 0 Å². The summed E-state index contributed by atoms with van der Waals surface area (Å²) in [6, 6.07) is 5.92. The summed E-state index contributed by atoms with van der Waals surface area (Å²) in [5, 5.41) is 2.87. The van der Waals surface area contributed by atoms with Crippen molar-refractivity contribution in [2.75, 3.05) is 23.3 Å². The lowest BCUT2D eigenvalue weighted by Crippen LogP contribution is -2.45. The highest BCUT2D eigenvalue weighted by Crippen LogP contribution is 2.25. The number of nitrogens with zero attached hydrogens (tertiary/aromatic N) is 1. The Balaban J connectivity index is 1.85. The van der Waals surface area contributed by atoms with Crippen LogP contribution in [0.2, 0.25) is 0 Å². The van der Waals surface area contributed by atoms with Gasteiger partial charge in [0.25, 0.3) is 0 Å². The smallest absolute Gasteiger partial charge is 0.239 e. The Labute approximate surface area is 185 Å². The van der Waals surface area contributed by atoms with E-state index in [1.165, 1.54) is 20.8 Å². The highest BCUT2D eigenvalue weighted by molar-refractivity contribution is 7.91. The van der Waals surface area contributed by atoms with E-state index in [2.05, 4.69) is 28.8 Å². The van der Waals surface area contributed by atoms with E-state index in [0.717, 1.165) is 30.0 Å². The third kappa shape index (κ3) is 7.21. The van der Waals surface area contributed by atoms with Gasteiger partial charge in [0, 0.05) is 37.3 Å². The Morgan fingerprint density at radius 3 is 2.23 bits per heavy atom. The molecule has 0 aliphatic carbocycles. The van der Waals surface area contributed by atoms with E-state index in [9.17, 15) is 18.0 Å². The van der Waals surface area contributed by atoms with Crippen molar-refractivity contribution in [3.8, 4) is 0 Å². The third-order valence-electron chi connectivity index (χ3n) is 5.13. The Kier molecular flexibility index (Phi) is 8.10. The molecule has 1 fully saturated rings. The lowest BCUT2D eigenvalue weighted by molar-refractivity contribution is -0.119. The number of anilines is 2. The summed E-state index contributed by atoms with van der Waals surface area (Å²) in [4.78, 5) is 26.5. The van der Waals surface area contributed by atoms with Crippen molar-refractivity contribution in [1.29, 1.82) is 0 Å². The van der Waals surface area contributed by atoms with Crippen molar-refractivity contribution >= 4 is 33.2 Å². The van der Waals surface area contributed by atoms with Crippen LogP contribution in [0.3, 0.4) is 0 Å². The Bertz CT molecular complexity index is 898. The fourth-order valence-electron chi connectivity index (χ4n) is 3.35. The van der Waals surface area contributed by atoms with Gasteiger partial charge < -0.3 is 15.0 Å². The summed E-state index contributed by atoms with van der Waals surface area (Å²) in [7, 11) is -3.73. The van der Waals surface area contributed by atoms with Crippen molar-refractivity contribution in [3.63, 3.8) is 0 Å². The number of rotatable bonds is 7. The van der Waals surface area contributed by atoms with E-state index in [0.29, 0.717) is 0 Å². The first-order chi connectivity index (χ1) is 14.3. The predicted octanol–water partition coefficient (Wildman–Crippen LogP) is 2.96. The molecule has 2 N–H and O–H groups in total. The number of sulfonamides is 1. The number of hydrogen-bond acceptors (Lipinski definition) is 6. The first-order valence-corrected chi connectivity index (χ1v) is 12.1. The van der Waals surface area contributed by atoms with Gasteiger partial charge in [0.1, 0.15) is 0 Å². The summed E-state index contributed by atoms with van der Waals surface area (Å²) >= 11 is 0. The number of hydrogen-bond donors (Lipinski definition) is 2. The zero-order valence-corrected chi connectivity index (χ0v) is 20.1. The molecule has 1 aliphatic rings. The molecule has 0 radical (unpaired) electrons. The first kappa shape index (κ1) is 25.1. The minimum atomic E-state index is -3.73. The predicted molar refractivity (Wildman–Crippen MR) is 123 cm³/mol. The monoisotopic (exact) mass is 453 g/mol. The quantitative estimate of drug-likeness (QED) is 0.658. The second-order valence-electron chi connectivity index (χ2n) is 9.20. The van der Waals surface area contributed by atoms with Crippen LogP contribution in [0, 0.1) is 6.92 Å². The molecule has 1 aliphatic heterocycles. The molecule has 1 aromatic carbocycles. The maximum atomic E-state index is 12.3. The third-order valence-corrected chi connectivity index (χ3v) is 7.24. The fourth-order valence-corrected chi connectivity index (χ4v) is 4.06. The van der Waals surface area contributed by atoms with E-state index in [1.807, 2.05) is 25.1 Å². The first-order valence-electron chi connectivity index (χ1n) is 10.6. The number of carbonyl (C=O) groups is 2. The van der Waals surface area contributed by atoms with Gasteiger partial charge in [0.2, 0.25) is 21.8 Å². The van der Waals surface area contributed by atoms with Gasteiger partial charge in [-0.3, -0.25) is 14.3 Å². The fraction of sp³-hybridized carbons (Fsp3) is 0.636. The van der Waals surface area contributed by atoms with Crippen LogP contribution in [-0.2, 0) is 24.3 Å². The van der Waals surface area contributed by atoms with E-state index in [4.69, 9.17) is 4.74 Å². The van der Waals surface area contributed by atoms with E-state index in [-0.39, 0.29) is 37.4 Å². The van der Waals surface area contributed by atoms with E-state index >= 15 is 0 Å². The number of nitrogens with one attached hydrogen (secondary N) is 2. The summed E-state index contributed by atoms with van der Waals surface area (Å²) in [5.74, 6) is -0.812. The van der Waals surface area contributed by atoms with Gasteiger partial charge in [0.15, 0.2) is 0 Å².